The summed E-state index contributed by atoms with van der Waals surface area (Å²) in [5, 5.41) is 10.6. The number of carbonyl (C=O) groups is 4. The Hall–Kier alpha value is -2.46. The summed E-state index contributed by atoms with van der Waals surface area (Å²) in [5.41, 5.74) is 0. The Morgan fingerprint density at radius 1 is 0.363 bits per heavy atom. The summed E-state index contributed by atoms with van der Waals surface area (Å²) >= 11 is 0. The molecular formula is C72H136O17P2. The molecule has 0 bridgehead atoms. The third-order valence-electron chi connectivity index (χ3n) is 16.4. The van der Waals surface area contributed by atoms with Gasteiger partial charge in [-0.15, -0.1) is 0 Å². The van der Waals surface area contributed by atoms with Crippen molar-refractivity contribution >= 4 is 39.5 Å². The molecule has 0 aliphatic carbocycles. The maximum Gasteiger partial charge on any atom is 0.472 e. The van der Waals surface area contributed by atoms with Crippen LogP contribution in [0.3, 0.4) is 0 Å². The van der Waals surface area contributed by atoms with Gasteiger partial charge in [-0.2, -0.15) is 0 Å². The number of allylic oxidation sites excluding steroid dienone is 4. The van der Waals surface area contributed by atoms with Crippen LogP contribution in [0.15, 0.2) is 24.3 Å². The predicted molar refractivity (Wildman–Crippen MR) is 367 cm³/mol. The second kappa shape index (κ2) is 62.4. The van der Waals surface area contributed by atoms with Crippen LogP contribution < -0.4 is 0 Å². The van der Waals surface area contributed by atoms with Crippen molar-refractivity contribution in [1.82, 2.24) is 0 Å². The van der Waals surface area contributed by atoms with E-state index in [1.54, 1.807) is 0 Å². The van der Waals surface area contributed by atoms with Gasteiger partial charge in [0.1, 0.15) is 19.3 Å². The first-order valence-electron chi connectivity index (χ1n) is 36.7. The van der Waals surface area contributed by atoms with E-state index < -0.39 is 97.5 Å². The van der Waals surface area contributed by atoms with Gasteiger partial charge in [-0.05, 0) is 69.1 Å². The molecule has 0 saturated heterocycles. The first-order chi connectivity index (χ1) is 43.8. The van der Waals surface area contributed by atoms with Gasteiger partial charge in [0.05, 0.1) is 26.4 Å². The van der Waals surface area contributed by atoms with Crippen molar-refractivity contribution in [2.45, 2.75) is 356 Å². The number of carbonyl (C=O) groups excluding carboxylic acids is 4. The van der Waals surface area contributed by atoms with Gasteiger partial charge in [0, 0.05) is 25.7 Å². The summed E-state index contributed by atoms with van der Waals surface area (Å²) in [5.74, 6) is 0.0281. The van der Waals surface area contributed by atoms with Crippen LogP contribution in [0.4, 0.5) is 0 Å². The molecule has 6 atom stereocenters. The highest BCUT2D eigenvalue weighted by atomic mass is 31.2. The Balaban J connectivity index is 5.25. The molecule has 19 heteroatoms. The molecule has 0 heterocycles. The lowest BCUT2D eigenvalue weighted by Gasteiger charge is -2.21. The Bertz CT molecular complexity index is 1880. The summed E-state index contributed by atoms with van der Waals surface area (Å²) in [6.07, 6.45) is 49.7. The molecule has 0 rings (SSSR count). The van der Waals surface area contributed by atoms with Gasteiger partial charge < -0.3 is 33.8 Å². The molecule has 0 aromatic heterocycles. The first-order valence-corrected chi connectivity index (χ1v) is 39.7. The fourth-order valence-corrected chi connectivity index (χ4v) is 11.9. The number of aliphatic hydroxyl groups is 1. The maximum absolute atomic E-state index is 13.0. The zero-order chi connectivity index (χ0) is 67.3. The normalized spacial score (nSPS) is 14.6. The summed E-state index contributed by atoms with van der Waals surface area (Å²) in [7, 11) is -9.91. The number of unbranched alkanes of at least 4 members (excludes halogenated alkanes) is 32. The first kappa shape index (κ1) is 88.5. The van der Waals surface area contributed by atoms with Gasteiger partial charge >= 0.3 is 39.5 Å². The van der Waals surface area contributed by atoms with Crippen LogP contribution in [0, 0.1) is 17.8 Å². The number of ether oxygens (including phenoxy) is 4. The minimum Gasteiger partial charge on any atom is -0.462 e. The number of phosphoric acid groups is 2. The van der Waals surface area contributed by atoms with Crippen LogP contribution in [-0.2, 0) is 65.4 Å². The topological polar surface area (TPSA) is 237 Å². The molecule has 0 spiro atoms. The minimum atomic E-state index is -4.96. The highest BCUT2D eigenvalue weighted by molar-refractivity contribution is 7.47. The van der Waals surface area contributed by atoms with E-state index in [0.717, 1.165) is 121 Å². The van der Waals surface area contributed by atoms with E-state index in [4.69, 9.17) is 37.0 Å². The van der Waals surface area contributed by atoms with Crippen molar-refractivity contribution < 1.29 is 80.2 Å². The van der Waals surface area contributed by atoms with E-state index >= 15 is 0 Å². The molecule has 0 aliphatic rings. The molecule has 0 fully saturated rings. The molecule has 3 unspecified atom stereocenters. The van der Waals surface area contributed by atoms with E-state index in [1.807, 2.05) is 0 Å². The van der Waals surface area contributed by atoms with Crippen LogP contribution in [-0.4, -0.2) is 96.7 Å². The van der Waals surface area contributed by atoms with E-state index in [0.29, 0.717) is 37.5 Å². The zero-order valence-electron chi connectivity index (χ0n) is 58.8. The van der Waals surface area contributed by atoms with Crippen molar-refractivity contribution in [2.75, 3.05) is 39.6 Å². The van der Waals surface area contributed by atoms with E-state index in [9.17, 15) is 43.2 Å². The Morgan fingerprint density at radius 3 is 0.978 bits per heavy atom. The third-order valence-corrected chi connectivity index (χ3v) is 18.3. The fourth-order valence-electron chi connectivity index (χ4n) is 10.3. The molecule has 0 aliphatic heterocycles. The van der Waals surface area contributed by atoms with Crippen molar-refractivity contribution in [1.29, 1.82) is 0 Å². The van der Waals surface area contributed by atoms with Crippen molar-refractivity contribution in [3.63, 3.8) is 0 Å². The number of hydrogen-bond donors (Lipinski definition) is 3. The number of aliphatic hydroxyl groups excluding tert-OH is 1. The summed E-state index contributed by atoms with van der Waals surface area (Å²) < 4.78 is 68.2. The Morgan fingerprint density at radius 2 is 0.648 bits per heavy atom. The molecule has 17 nitrogen and oxygen atoms in total. The lowest BCUT2D eigenvalue weighted by atomic mass is 9.99. The summed E-state index contributed by atoms with van der Waals surface area (Å²) in [6, 6.07) is 0. The summed E-state index contributed by atoms with van der Waals surface area (Å²) in [4.78, 5) is 72.5. The van der Waals surface area contributed by atoms with Gasteiger partial charge in [0.2, 0.25) is 0 Å². The molecule has 0 saturated carbocycles. The highest BCUT2D eigenvalue weighted by Gasteiger charge is 2.30. The quantitative estimate of drug-likeness (QED) is 0.0169. The lowest BCUT2D eigenvalue weighted by molar-refractivity contribution is -0.161. The van der Waals surface area contributed by atoms with Crippen LogP contribution in [0.2, 0.25) is 0 Å². The van der Waals surface area contributed by atoms with Crippen LogP contribution in [0.5, 0.6) is 0 Å². The molecule has 3 N–H and O–H groups in total. The van der Waals surface area contributed by atoms with Gasteiger partial charge in [-0.1, -0.05) is 285 Å². The van der Waals surface area contributed by atoms with E-state index in [-0.39, 0.29) is 25.7 Å². The van der Waals surface area contributed by atoms with Crippen molar-refractivity contribution in [3.05, 3.63) is 24.3 Å². The largest absolute Gasteiger partial charge is 0.472 e. The van der Waals surface area contributed by atoms with E-state index in [2.05, 4.69) is 72.8 Å². The van der Waals surface area contributed by atoms with Crippen molar-refractivity contribution in [2.24, 2.45) is 17.8 Å². The molecule has 91 heavy (non-hydrogen) atoms. The van der Waals surface area contributed by atoms with Crippen LogP contribution in [0.25, 0.3) is 0 Å². The van der Waals surface area contributed by atoms with Gasteiger partial charge in [-0.3, -0.25) is 37.3 Å². The van der Waals surface area contributed by atoms with Crippen molar-refractivity contribution in [3.8, 4) is 0 Å². The van der Waals surface area contributed by atoms with Gasteiger partial charge in [0.25, 0.3) is 0 Å². The Kier molecular flexibility index (Phi) is 60.7. The molecule has 0 aromatic carbocycles. The molecule has 536 valence electrons. The predicted octanol–water partition coefficient (Wildman–Crippen LogP) is 20.2. The number of hydrogen-bond acceptors (Lipinski definition) is 15. The molecule has 0 radical (unpaired) electrons. The zero-order valence-corrected chi connectivity index (χ0v) is 60.6. The number of esters is 4. The number of phosphoric ester groups is 2. The highest BCUT2D eigenvalue weighted by Crippen LogP contribution is 2.45. The molecule has 0 aromatic rings. The fraction of sp³-hybridized carbons (Fsp3) is 0.889. The molecule has 0 amide bonds. The third kappa shape index (κ3) is 64.6. The molecular weight excluding hydrogens is 1200 g/mol. The second-order valence-corrected chi connectivity index (χ2v) is 29.4. The van der Waals surface area contributed by atoms with Gasteiger partial charge in [-0.25, -0.2) is 9.13 Å². The minimum absolute atomic E-state index is 0.0985. The average Bonchev–Trinajstić information content (AvgIpc) is 3.49. The second-order valence-electron chi connectivity index (χ2n) is 26.5. The van der Waals surface area contributed by atoms with Gasteiger partial charge in [0.15, 0.2) is 12.2 Å². The summed E-state index contributed by atoms with van der Waals surface area (Å²) in [6.45, 7) is 11.7. The lowest BCUT2D eigenvalue weighted by Crippen LogP contribution is -2.30. The van der Waals surface area contributed by atoms with E-state index in [1.165, 1.54) is 122 Å². The van der Waals surface area contributed by atoms with Crippen LogP contribution in [0.1, 0.15) is 337 Å². The smallest absolute Gasteiger partial charge is 0.462 e. The Labute approximate surface area is 554 Å². The number of rotatable bonds is 68. The maximum atomic E-state index is 13.0. The SMILES string of the molecule is CCCCCC/C=C\C=C/CCCCCCCC(=O)OC[C@H](COP(=O)(O)OC[C@@H](O)COP(=O)(O)OC[C@@H](COC(=O)CCCCCCCCC(C)C)OC(=O)CCCCCCCCC(C)C)OC(=O)CCCCCCCCCCCCCCCCC(C)CC. The average molecular weight is 1340 g/mol. The standard InChI is InChI=1S/C72H136O17P2/c1-8-10-11-12-13-14-15-16-17-21-24-27-30-39-46-53-69(74)82-59-67(88-71(76)55-48-41-31-28-25-22-19-18-20-23-26-29-38-45-52-65(7)9-2)61-86-90(78,79)84-57-66(73)58-85-91(80,81)87-62-68(89-72(77)56-49-42-35-33-37-44-51-64(5)6)60-83-70(75)54-47-40-34-32-36-43-50-63(3)4/h14-17,63-68,73H,8-13,18-62H2,1-7H3,(H,78,79)(H,80,81)/b15-14-,17-16-/t65?,66-,67-,68-/m1/s1. The van der Waals surface area contributed by atoms with Crippen LogP contribution >= 0.6 is 15.6 Å². The monoisotopic (exact) mass is 1330 g/mol.